The Morgan fingerprint density at radius 3 is 2.95 bits per heavy atom. The second-order valence-electron chi connectivity index (χ2n) is 4.34. The molecule has 102 valence electrons. The van der Waals surface area contributed by atoms with E-state index in [1.807, 2.05) is 24.5 Å². The Bertz CT molecular complexity index is 590. The molecule has 1 aromatic heterocycles. The number of carboxylic acid groups (broad SMARTS) is 1. The molecule has 0 atom stereocenters. The summed E-state index contributed by atoms with van der Waals surface area (Å²) in [6.45, 7) is 6.07. The Balaban J connectivity index is 2.31. The van der Waals surface area contributed by atoms with Crippen LogP contribution < -0.4 is 0 Å². The van der Waals surface area contributed by atoms with Crippen molar-refractivity contribution in [3.8, 4) is 0 Å². The predicted octanol–water partition coefficient (Wildman–Crippen LogP) is 2.47. The fourth-order valence-electron chi connectivity index (χ4n) is 2.19. The van der Waals surface area contributed by atoms with Gasteiger partial charge in [-0.25, -0.2) is 9.78 Å². The number of aromatic carboxylic acids is 1. The van der Waals surface area contributed by atoms with Crippen molar-refractivity contribution in [2.24, 2.45) is 0 Å². The van der Waals surface area contributed by atoms with E-state index < -0.39 is 5.97 Å². The smallest absolute Gasteiger partial charge is 0.337 e. The molecular formula is C14H18N2O3. The van der Waals surface area contributed by atoms with Gasteiger partial charge in [0.2, 0.25) is 0 Å². The lowest BCUT2D eigenvalue weighted by Gasteiger charge is -2.07. The van der Waals surface area contributed by atoms with Gasteiger partial charge in [0.15, 0.2) is 0 Å². The average molecular weight is 262 g/mol. The molecule has 0 saturated carbocycles. The zero-order valence-corrected chi connectivity index (χ0v) is 11.2. The van der Waals surface area contributed by atoms with Crippen LogP contribution in [0.1, 0.15) is 29.5 Å². The molecule has 5 nitrogen and oxygen atoms in total. The van der Waals surface area contributed by atoms with E-state index >= 15 is 0 Å². The van der Waals surface area contributed by atoms with Crippen LogP contribution >= 0.6 is 0 Å². The molecule has 0 aliphatic heterocycles. The number of aromatic nitrogens is 2. The first-order valence-corrected chi connectivity index (χ1v) is 6.42. The minimum absolute atomic E-state index is 0.254. The average Bonchev–Trinajstić information content (AvgIpc) is 2.70. The Morgan fingerprint density at radius 2 is 2.26 bits per heavy atom. The third-order valence-corrected chi connectivity index (χ3v) is 3.07. The van der Waals surface area contributed by atoms with Gasteiger partial charge in [0.25, 0.3) is 0 Å². The maximum atomic E-state index is 11.2. The number of aryl methyl sites for hydroxylation is 2. The number of benzene rings is 1. The summed E-state index contributed by atoms with van der Waals surface area (Å²) in [6.07, 6.45) is 0.886. The van der Waals surface area contributed by atoms with Gasteiger partial charge in [-0.15, -0.1) is 0 Å². The van der Waals surface area contributed by atoms with Crippen LogP contribution in [-0.4, -0.2) is 33.8 Å². The van der Waals surface area contributed by atoms with Crippen LogP contribution in [-0.2, 0) is 11.3 Å². The summed E-state index contributed by atoms with van der Waals surface area (Å²) >= 11 is 0. The first-order chi connectivity index (χ1) is 9.15. The lowest BCUT2D eigenvalue weighted by Crippen LogP contribution is -2.04. The topological polar surface area (TPSA) is 64.4 Å². The largest absolute Gasteiger partial charge is 0.478 e. The van der Waals surface area contributed by atoms with Gasteiger partial charge in [0.1, 0.15) is 11.3 Å². The highest BCUT2D eigenvalue weighted by Crippen LogP contribution is 2.20. The fourth-order valence-corrected chi connectivity index (χ4v) is 2.19. The van der Waals surface area contributed by atoms with Gasteiger partial charge in [-0.1, -0.05) is 6.07 Å². The molecule has 0 bridgehead atoms. The van der Waals surface area contributed by atoms with E-state index in [0.717, 1.165) is 24.3 Å². The van der Waals surface area contributed by atoms with Gasteiger partial charge in [-0.2, -0.15) is 0 Å². The second-order valence-corrected chi connectivity index (χ2v) is 4.34. The number of hydrogen-bond acceptors (Lipinski definition) is 3. The third-order valence-electron chi connectivity index (χ3n) is 3.07. The van der Waals surface area contributed by atoms with Crippen molar-refractivity contribution in [2.75, 3.05) is 13.2 Å². The number of imidazole rings is 1. The highest BCUT2D eigenvalue weighted by Gasteiger charge is 2.14. The summed E-state index contributed by atoms with van der Waals surface area (Å²) in [5, 5.41) is 9.16. The van der Waals surface area contributed by atoms with Crippen molar-refractivity contribution < 1.29 is 14.6 Å². The lowest BCUT2D eigenvalue weighted by atomic mass is 10.2. The number of hydrogen-bond donors (Lipinski definition) is 1. The Hall–Kier alpha value is -1.88. The number of para-hydroxylation sites is 1. The Kier molecular flexibility index (Phi) is 4.16. The van der Waals surface area contributed by atoms with Gasteiger partial charge in [0.05, 0.1) is 11.1 Å². The van der Waals surface area contributed by atoms with Crippen molar-refractivity contribution in [1.82, 2.24) is 9.55 Å². The fraction of sp³-hybridized carbons (Fsp3) is 0.429. The molecule has 0 radical (unpaired) electrons. The van der Waals surface area contributed by atoms with Gasteiger partial charge in [-0.3, -0.25) is 0 Å². The summed E-state index contributed by atoms with van der Waals surface area (Å²) in [6, 6.07) is 5.25. The number of nitrogens with zero attached hydrogens (tertiary/aromatic N) is 2. The molecule has 0 saturated heterocycles. The molecule has 2 aromatic rings. The molecule has 0 spiro atoms. The number of carbonyl (C=O) groups is 1. The number of carboxylic acids is 1. The van der Waals surface area contributed by atoms with Gasteiger partial charge >= 0.3 is 5.97 Å². The molecule has 1 aromatic carbocycles. The lowest BCUT2D eigenvalue weighted by molar-refractivity contribution is 0.0699. The monoisotopic (exact) mass is 262 g/mol. The van der Waals surface area contributed by atoms with Crippen LogP contribution in [0.5, 0.6) is 0 Å². The van der Waals surface area contributed by atoms with Crippen LogP contribution in [0.4, 0.5) is 0 Å². The zero-order valence-electron chi connectivity index (χ0n) is 11.2. The molecule has 0 fully saturated rings. The van der Waals surface area contributed by atoms with Gasteiger partial charge < -0.3 is 14.4 Å². The van der Waals surface area contributed by atoms with Crippen molar-refractivity contribution in [2.45, 2.75) is 26.8 Å². The van der Waals surface area contributed by atoms with Crippen LogP contribution in [0.25, 0.3) is 11.0 Å². The predicted molar refractivity (Wildman–Crippen MR) is 72.5 cm³/mol. The summed E-state index contributed by atoms with van der Waals surface area (Å²) in [5.41, 5.74) is 1.68. The summed E-state index contributed by atoms with van der Waals surface area (Å²) in [7, 11) is 0. The number of ether oxygens (including phenoxy) is 1. The molecule has 1 heterocycles. The minimum atomic E-state index is -0.940. The van der Waals surface area contributed by atoms with Gasteiger partial charge in [-0.05, 0) is 32.4 Å². The molecule has 2 rings (SSSR count). The van der Waals surface area contributed by atoms with Crippen LogP contribution in [0.3, 0.4) is 0 Å². The molecular weight excluding hydrogens is 244 g/mol. The van der Waals surface area contributed by atoms with Crippen LogP contribution in [0.15, 0.2) is 18.2 Å². The van der Waals surface area contributed by atoms with E-state index in [1.165, 1.54) is 0 Å². The molecule has 0 amide bonds. The number of rotatable bonds is 6. The molecule has 0 unspecified atom stereocenters. The van der Waals surface area contributed by atoms with Crippen molar-refractivity contribution in [3.05, 3.63) is 29.6 Å². The highest BCUT2D eigenvalue weighted by atomic mass is 16.5. The molecule has 0 aliphatic carbocycles. The summed E-state index contributed by atoms with van der Waals surface area (Å²) in [5.74, 6) is -0.107. The van der Waals surface area contributed by atoms with E-state index in [-0.39, 0.29) is 5.56 Å². The molecule has 5 heteroatoms. The van der Waals surface area contributed by atoms with E-state index in [1.54, 1.807) is 12.1 Å². The number of fused-ring (bicyclic) bond motifs is 1. The Morgan fingerprint density at radius 1 is 1.47 bits per heavy atom. The van der Waals surface area contributed by atoms with Crippen LogP contribution in [0.2, 0.25) is 0 Å². The van der Waals surface area contributed by atoms with Crippen LogP contribution in [0, 0.1) is 6.92 Å². The SMILES string of the molecule is CCOCCCn1c(C)nc2c(C(=O)O)cccc21. The third kappa shape index (κ3) is 2.76. The highest BCUT2D eigenvalue weighted by molar-refractivity contribution is 6.01. The van der Waals surface area contributed by atoms with Crippen molar-refractivity contribution in [1.29, 1.82) is 0 Å². The maximum absolute atomic E-state index is 11.2. The van der Waals surface area contributed by atoms with Crippen molar-refractivity contribution in [3.63, 3.8) is 0 Å². The van der Waals surface area contributed by atoms with E-state index in [9.17, 15) is 4.79 Å². The summed E-state index contributed by atoms with van der Waals surface area (Å²) < 4.78 is 7.36. The molecule has 19 heavy (non-hydrogen) atoms. The second kappa shape index (κ2) is 5.84. The maximum Gasteiger partial charge on any atom is 0.337 e. The van der Waals surface area contributed by atoms with E-state index in [4.69, 9.17) is 9.84 Å². The first-order valence-electron chi connectivity index (χ1n) is 6.42. The normalized spacial score (nSPS) is 11.1. The summed E-state index contributed by atoms with van der Waals surface area (Å²) in [4.78, 5) is 15.5. The standard InChI is InChI=1S/C14H18N2O3/c1-3-19-9-5-8-16-10(2)15-13-11(14(17)18)6-4-7-12(13)16/h4,6-7H,3,5,8-9H2,1-2H3,(H,17,18). The van der Waals surface area contributed by atoms with Gasteiger partial charge in [0, 0.05) is 19.8 Å². The van der Waals surface area contributed by atoms with Crippen molar-refractivity contribution >= 4 is 17.0 Å². The Labute approximate surface area is 111 Å². The molecule has 1 N–H and O–H groups in total. The van der Waals surface area contributed by atoms with E-state index in [0.29, 0.717) is 18.7 Å². The minimum Gasteiger partial charge on any atom is -0.478 e. The zero-order chi connectivity index (χ0) is 13.8. The molecule has 0 aliphatic rings. The first kappa shape index (κ1) is 13.5. The van der Waals surface area contributed by atoms with E-state index in [2.05, 4.69) is 4.98 Å². The quantitative estimate of drug-likeness (QED) is 0.812.